The van der Waals surface area contributed by atoms with Crippen molar-refractivity contribution in [3.05, 3.63) is 34.4 Å². The fourth-order valence-electron chi connectivity index (χ4n) is 3.13. The summed E-state index contributed by atoms with van der Waals surface area (Å²) in [7, 11) is 0. The second-order valence-corrected chi connectivity index (χ2v) is 5.87. The van der Waals surface area contributed by atoms with Crippen LogP contribution in [0.3, 0.4) is 0 Å². The van der Waals surface area contributed by atoms with Gasteiger partial charge in [-0.25, -0.2) is 0 Å². The minimum atomic E-state index is 0.741. The third-order valence-corrected chi connectivity index (χ3v) is 4.10. The molecule has 0 amide bonds. The van der Waals surface area contributed by atoms with Crippen LogP contribution in [-0.4, -0.2) is 6.04 Å². The van der Waals surface area contributed by atoms with Crippen LogP contribution in [-0.2, 0) is 6.54 Å². The highest BCUT2D eigenvalue weighted by Crippen LogP contribution is 2.25. The van der Waals surface area contributed by atoms with Crippen molar-refractivity contribution in [1.82, 2.24) is 5.32 Å². The maximum Gasteiger partial charge on any atom is 0.0213 e. The zero-order valence-corrected chi connectivity index (χ0v) is 11.6. The summed E-state index contributed by atoms with van der Waals surface area (Å²) in [6.07, 6.45) is 4.10. The van der Waals surface area contributed by atoms with E-state index < -0.39 is 0 Å². The second-order valence-electron chi connectivity index (χ2n) is 5.87. The Kier molecular flexibility index (Phi) is 3.88. The smallest absolute Gasteiger partial charge is 0.0213 e. The molecule has 1 fully saturated rings. The Hall–Kier alpha value is -0.820. The van der Waals surface area contributed by atoms with Gasteiger partial charge in [-0.1, -0.05) is 24.6 Å². The van der Waals surface area contributed by atoms with Gasteiger partial charge in [-0.05, 0) is 62.6 Å². The summed E-state index contributed by atoms with van der Waals surface area (Å²) in [5, 5.41) is 3.73. The van der Waals surface area contributed by atoms with Crippen LogP contribution in [0.25, 0.3) is 0 Å². The molecule has 1 aliphatic carbocycles. The van der Waals surface area contributed by atoms with Crippen molar-refractivity contribution in [2.45, 2.75) is 59.5 Å². The van der Waals surface area contributed by atoms with Crippen LogP contribution in [0.4, 0.5) is 0 Å². The highest BCUT2D eigenvalue weighted by Gasteiger charge is 2.20. The molecule has 1 aliphatic rings. The van der Waals surface area contributed by atoms with Gasteiger partial charge in [0.25, 0.3) is 0 Å². The average molecular weight is 231 g/mol. The lowest BCUT2D eigenvalue weighted by Gasteiger charge is -2.16. The van der Waals surface area contributed by atoms with Crippen molar-refractivity contribution in [1.29, 1.82) is 0 Å². The summed E-state index contributed by atoms with van der Waals surface area (Å²) < 4.78 is 0. The molecular formula is C16H25N. The van der Waals surface area contributed by atoms with E-state index in [2.05, 4.69) is 45.1 Å². The molecule has 17 heavy (non-hydrogen) atoms. The van der Waals surface area contributed by atoms with Gasteiger partial charge in [0.2, 0.25) is 0 Å². The van der Waals surface area contributed by atoms with Crippen molar-refractivity contribution < 1.29 is 0 Å². The maximum absolute atomic E-state index is 3.73. The lowest BCUT2D eigenvalue weighted by Crippen LogP contribution is -2.26. The molecule has 1 nitrogen and oxygen atoms in total. The van der Waals surface area contributed by atoms with Gasteiger partial charge in [-0.15, -0.1) is 0 Å². The topological polar surface area (TPSA) is 12.0 Å². The normalized spacial score (nSPS) is 24.2. The Labute approximate surface area is 106 Å². The molecule has 0 aromatic heterocycles. The summed E-state index contributed by atoms with van der Waals surface area (Å²) in [5.41, 5.74) is 5.73. The number of hydrogen-bond donors (Lipinski definition) is 1. The minimum Gasteiger partial charge on any atom is -0.310 e. The molecule has 0 saturated heterocycles. The predicted octanol–water partition coefficient (Wildman–Crippen LogP) is 3.89. The number of hydrogen-bond acceptors (Lipinski definition) is 1. The van der Waals surface area contributed by atoms with Crippen LogP contribution in [0.2, 0.25) is 0 Å². The molecule has 0 heterocycles. The summed E-state index contributed by atoms with van der Waals surface area (Å²) in [6.45, 7) is 10.0. The summed E-state index contributed by atoms with van der Waals surface area (Å²) >= 11 is 0. The van der Waals surface area contributed by atoms with Gasteiger partial charge in [0, 0.05) is 12.6 Å². The van der Waals surface area contributed by atoms with Crippen LogP contribution < -0.4 is 5.32 Å². The van der Waals surface area contributed by atoms with Crippen LogP contribution in [0.15, 0.2) is 12.1 Å². The number of rotatable bonds is 3. The molecular weight excluding hydrogens is 206 g/mol. The van der Waals surface area contributed by atoms with Crippen molar-refractivity contribution in [3.63, 3.8) is 0 Å². The Morgan fingerprint density at radius 3 is 2.29 bits per heavy atom. The zero-order valence-electron chi connectivity index (χ0n) is 11.6. The monoisotopic (exact) mass is 231 g/mol. The van der Waals surface area contributed by atoms with E-state index in [9.17, 15) is 0 Å². The molecule has 0 spiro atoms. The van der Waals surface area contributed by atoms with Crippen LogP contribution in [0.1, 0.15) is 48.4 Å². The van der Waals surface area contributed by atoms with Crippen molar-refractivity contribution in [2.24, 2.45) is 5.92 Å². The van der Waals surface area contributed by atoms with E-state index in [0.29, 0.717) is 0 Å². The first-order valence-corrected chi connectivity index (χ1v) is 6.86. The van der Waals surface area contributed by atoms with Crippen LogP contribution in [0, 0.1) is 26.7 Å². The Morgan fingerprint density at radius 2 is 1.76 bits per heavy atom. The SMILES string of the molecule is Cc1cc(C)c(CNC2CCC(C)C2)c(C)c1. The van der Waals surface area contributed by atoms with Gasteiger partial charge in [-0.3, -0.25) is 0 Å². The van der Waals surface area contributed by atoms with Gasteiger partial charge in [0.1, 0.15) is 0 Å². The Balaban J connectivity index is 1.99. The van der Waals surface area contributed by atoms with Crippen molar-refractivity contribution in [2.75, 3.05) is 0 Å². The zero-order chi connectivity index (χ0) is 12.4. The Bertz CT molecular complexity index is 372. The number of nitrogens with one attached hydrogen (secondary N) is 1. The third kappa shape index (κ3) is 3.10. The molecule has 2 unspecified atom stereocenters. The van der Waals surface area contributed by atoms with E-state index in [1.807, 2.05) is 0 Å². The van der Waals surface area contributed by atoms with Gasteiger partial charge >= 0.3 is 0 Å². The van der Waals surface area contributed by atoms with Crippen LogP contribution >= 0.6 is 0 Å². The summed E-state index contributed by atoms with van der Waals surface area (Å²) in [6, 6.07) is 5.33. The summed E-state index contributed by atoms with van der Waals surface area (Å²) in [4.78, 5) is 0. The first-order chi connectivity index (χ1) is 8.06. The first kappa shape index (κ1) is 12.6. The molecule has 1 aromatic rings. The lowest BCUT2D eigenvalue weighted by atomic mass is 9.99. The minimum absolute atomic E-state index is 0.741. The number of benzene rings is 1. The molecule has 2 atom stereocenters. The standard InChI is InChI=1S/C16H25N/c1-11-5-6-15(9-11)17-10-16-13(3)7-12(2)8-14(16)4/h7-8,11,15,17H,5-6,9-10H2,1-4H3. The molecule has 0 radical (unpaired) electrons. The van der Waals surface area contributed by atoms with E-state index >= 15 is 0 Å². The van der Waals surface area contributed by atoms with E-state index in [1.54, 1.807) is 0 Å². The van der Waals surface area contributed by atoms with Crippen molar-refractivity contribution in [3.8, 4) is 0 Å². The molecule has 1 aromatic carbocycles. The second kappa shape index (κ2) is 5.22. The third-order valence-electron chi connectivity index (χ3n) is 4.10. The summed E-state index contributed by atoms with van der Waals surface area (Å²) in [5.74, 6) is 0.910. The first-order valence-electron chi connectivity index (χ1n) is 6.86. The molecule has 1 heteroatoms. The van der Waals surface area contributed by atoms with Crippen molar-refractivity contribution >= 4 is 0 Å². The number of aryl methyl sites for hydroxylation is 3. The molecule has 1 N–H and O–H groups in total. The van der Waals surface area contributed by atoms with Gasteiger partial charge in [0.15, 0.2) is 0 Å². The van der Waals surface area contributed by atoms with Gasteiger partial charge in [-0.2, -0.15) is 0 Å². The lowest BCUT2D eigenvalue weighted by molar-refractivity contribution is 0.501. The van der Waals surface area contributed by atoms with Gasteiger partial charge < -0.3 is 5.32 Å². The fraction of sp³-hybridized carbons (Fsp3) is 0.625. The fourth-order valence-corrected chi connectivity index (χ4v) is 3.13. The van der Waals surface area contributed by atoms with E-state index in [4.69, 9.17) is 0 Å². The molecule has 1 saturated carbocycles. The Morgan fingerprint density at radius 1 is 1.12 bits per heavy atom. The highest BCUT2D eigenvalue weighted by molar-refractivity contribution is 5.37. The molecule has 0 aliphatic heterocycles. The molecule has 94 valence electrons. The van der Waals surface area contributed by atoms with Crippen LogP contribution in [0.5, 0.6) is 0 Å². The highest BCUT2D eigenvalue weighted by atomic mass is 14.9. The van der Waals surface area contributed by atoms with E-state index in [-0.39, 0.29) is 0 Å². The van der Waals surface area contributed by atoms with E-state index in [0.717, 1.165) is 18.5 Å². The van der Waals surface area contributed by atoms with Gasteiger partial charge in [0.05, 0.1) is 0 Å². The quantitative estimate of drug-likeness (QED) is 0.832. The van der Waals surface area contributed by atoms with E-state index in [1.165, 1.54) is 41.5 Å². The molecule has 2 rings (SSSR count). The predicted molar refractivity (Wildman–Crippen MR) is 74.3 cm³/mol. The maximum atomic E-state index is 3.73. The average Bonchev–Trinajstić information content (AvgIpc) is 2.62. The largest absolute Gasteiger partial charge is 0.310 e. The molecule has 0 bridgehead atoms.